The number of nitrogens with one attached hydrogen (secondary N) is 1. The molecule has 0 saturated carbocycles. The number of sulfonamides is 2. The molecule has 1 aliphatic heterocycles. The Hall–Kier alpha value is -2.82. The number of nitrogens with zero attached hydrogens (tertiary/aromatic N) is 1. The van der Waals surface area contributed by atoms with Crippen LogP contribution in [0, 0.1) is 18.6 Å². The maximum atomic E-state index is 14.0. The Bertz CT molecular complexity index is 1390. The van der Waals surface area contributed by atoms with Gasteiger partial charge in [-0.25, -0.2) is 25.6 Å². The first-order valence-electron chi connectivity index (χ1n) is 9.73. The number of rotatable bonds is 5. The first kappa shape index (κ1) is 22.4. The molecule has 0 saturated heterocycles. The van der Waals surface area contributed by atoms with Crippen LogP contribution in [0.1, 0.15) is 16.7 Å². The highest BCUT2D eigenvalue weighted by atomic mass is 32.2. The van der Waals surface area contributed by atoms with Gasteiger partial charge in [-0.3, -0.25) is 4.72 Å². The number of hydrogen-bond acceptors (Lipinski definition) is 4. The first-order valence-corrected chi connectivity index (χ1v) is 12.6. The van der Waals surface area contributed by atoms with Crippen molar-refractivity contribution in [1.82, 2.24) is 4.31 Å². The monoisotopic (exact) mass is 478 g/mol. The highest BCUT2D eigenvalue weighted by Crippen LogP contribution is 2.28. The number of fused-ring (bicyclic) bond motifs is 1. The van der Waals surface area contributed by atoms with Gasteiger partial charge in [-0.05, 0) is 66.9 Å². The van der Waals surface area contributed by atoms with Crippen LogP contribution < -0.4 is 4.72 Å². The highest BCUT2D eigenvalue weighted by Gasteiger charge is 2.29. The fourth-order valence-electron chi connectivity index (χ4n) is 3.55. The molecule has 6 nitrogen and oxygen atoms in total. The summed E-state index contributed by atoms with van der Waals surface area (Å²) in [6.45, 7) is 2.23. The van der Waals surface area contributed by atoms with Crippen molar-refractivity contribution in [1.29, 1.82) is 0 Å². The summed E-state index contributed by atoms with van der Waals surface area (Å²) < 4.78 is 82.1. The largest absolute Gasteiger partial charge is 0.280 e. The topological polar surface area (TPSA) is 83.6 Å². The van der Waals surface area contributed by atoms with Gasteiger partial charge in [-0.1, -0.05) is 23.8 Å². The molecule has 0 aromatic heterocycles. The molecule has 1 aliphatic rings. The lowest BCUT2D eigenvalue weighted by molar-refractivity contribution is 0.391. The van der Waals surface area contributed by atoms with E-state index in [9.17, 15) is 25.6 Å². The van der Waals surface area contributed by atoms with Crippen molar-refractivity contribution in [3.8, 4) is 0 Å². The molecule has 1 N–H and O–H groups in total. The maximum absolute atomic E-state index is 14.0. The first-order chi connectivity index (χ1) is 15.1. The fourth-order valence-corrected chi connectivity index (χ4v) is 6.11. The predicted octanol–water partition coefficient (Wildman–Crippen LogP) is 3.82. The normalized spacial score (nSPS) is 14.7. The molecule has 0 amide bonds. The van der Waals surface area contributed by atoms with Gasteiger partial charge in [0.05, 0.1) is 4.90 Å². The molecule has 3 aromatic rings. The molecule has 0 radical (unpaired) electrons. The minimum Gasteiger partial charge on any atom is -0.280 e. The molecule has 0 fully saturated rings. The number of anilines is 1. The van der Waals surface area contributed by atoms with Crippen molar-refractivity contribution in [2.45, 2.75) is 29.7 Å². The molecule has 4 rings (SSSR count). The van der Waals surface area contributed by atoms with Gasteiger partial charge in [0.25, 0.3) is 10.0 Å². The third-order valence-electron chi connectivity index (χ3n) is 5.28. The van der Waals surface area contributed by atoms with E-state index in [-0.39, 0.29) is 17.1 Å². The van der Waals surface area contributed by atoms with E-state index in [4.69, 9.17) is 0 Å². The van der Waals surface area contributed by atoms with E-state index >= 15 is 0 Å². The van der Waals surface area contributed by atoms with Crippen LogP contribution in [0.15, 0.2) is 70.5 Å². The molecular formula is C22H20F2N2O4S2. The van der Waals surface area contributed by atoms with E-state index in [0.29, 0.717) is 24.6 Å². The third-order valence-corrected chi connectivity index (χ3v) is 8.53. The van der Waals surface area contributed by atoms with Crippen LogP contribution >= 0.6 is 0 Å². The lowest BCUT2D eigenvalue weighted by Gasteiger charge is -2.28. The lowest BCUT2D eigenvalue weighted by Crippen LogP contribution is -2.36. The van der Waals surface area contributed by atoms with Gasteiger partial charge < -0.3 is 0 Å². The van der Waals surface area contributed by atoms with Crippen molar-refractivity contribution in [2.75, 3.05) is 11.3 Å². The van der Waals surface area contributed by atoms with Crippen molar-refractivity contribution in [3.05, 3.63) is 89.0 Å². The molecule has 3 aromatic carbocycles. The summed E-state index contributed by atoms with van der Waals surface area (Å²) in [5.74, 6) is -1.96. The molecule has 32 heavy (non-hydrogen) atoms. The molecule has 0 atom stereocenters. The Balaban J connectivity index is 1.60. The van der Waals surface area contributed by atoms with Crippen LogP contribution in [-0.4, -0.2) is 27.7 Å². The summed E-state index contributed by atoms with van der Waals surface area (Å²) in [4.78, 5) is -0.621. The molecule has 0 unspecified atom stereocenters. The molecule has 0 spiro atoms. The predicted molar refractivity (Wildman–Crippen MR) is 116 cm³/mol. The van der Waals surface area contributed by atoms with Crippen LogP contribution in [0.25, 0.3) is 0 Å². The second kappa shape index (κ2) is 8.27. The number of aryl methyl sites for hydroxylation is 1. The summed E-state index contributed by atoms with van der Waals surface area (Å²) in [7, 11) is -8.10. The van der Waals surface area contributed by atoms with Crippen molar-refractivity contribution < 1.29 is 25.6 Å². The molecule has 0 aliphatic carbocycles. The fraction of sp³-hybridized carbons (Fsp3) is 0.182. The highest BCUT2D eigenvalue weighted by molar-refractivity contribution is 7.92. The van der Waals surface area contributed by atoms with E-state index in [0.717, 1.165) is 23.3 Å². The maximum Gasteiger partial charge on any atom is 0.264 e. The van der Waals surface area contributed by atoms with Crippen LogP contribution in [0.3, 0.4) is 0 Å². The van der Waals surface area contributed by atoms with Crippen molar-refractivity contribution >= 4 is 25.7 Å². The summed E-state index contributed by atoms with van der Waals surface area (Å²) in [5, 5.41) is 0. The van der Waals surface area contributed by atoms with E-state index < -0.39 is 36.6 Å². The smallest absolute Gasteiger partial charge is 0.264 e. The Kier molecular flexibility index (Phi) is 5.78. The number of hydrogen-bond donors (Lipinski definition) is 1. The van der Waals surface area contributed by atoms with E-state index in [1.165, 1.54) is 16.4 Å². The third kappa shape index (κ3) is 4.38. The summed E-state index contributed by atoms with van der Waals surface area (Å²) in [6.07, 6.45) is 0.464. The van der Waals surface area contributed by atoms with Crippen LogP contribution in [0.2, 0.25) is 0 Å². The Labute approximate surface area is 185 Å². The average Bonchev–Trinajstić information content (AvgIpc) is 2.75. The second-order valence-electron chi connectivity index (χ2n) is 7.57. The quantitative estimate of drug-likeness (QED) is 0.604. The molecule has 168 valence electrons. The van der Waals surface area contributed by atoms with Gasteiger partial charge >= 0.3 is 0 Å². The van der Waals surface area contributed by atoms with Crippen LogP contribution in [0.5, 0.6) is 0 Å². The lowest BCUT2D eigenvalue weighted by atomic mass is 10.0. The van der Waals surface area contributed by atoms with Crippen LogP contribution in [0.4, 0.5) is 14.5 Å². The van der Waals surface area contributed by atoms with Gasteiger partial charge in [-0.2, -0.15) is 4.31 Å². The summed E-state index contributed by atoms with van der Waals surface area (Å²) >= 11 is 0. The zero-order valence-corrected chi connectivity index (χ0v) is 18.7. The van der Waals surface area contributed by atoms with Gasteiger partial charge in [0.15, 0.2) is 0 Å². The molecule has 0 bridgehead atoms. The summed E-state index contributed by atoms with van der Waals surface area (Å²) in [6, 6.07) is 13.5. The summed E-state index contributed by atoms with van der Waals surface area (Å²) in [5.41, 5.74) is 2.59. The van der Waals surface area contributed by atoms with Gasteiger partial charge in [0, 0.05) is 18.8 Å². The average molecular weight is 479 g/mol. The van der Waals surface area contributed by atoms with Crippen molar-refractivity contribution in [3.63, 3.8) is 0 Å². The van der Waals surface area contributed by atoms with Crippen LogP contribution in [-0.2, 0) is 33.0 Å². The standard InChI is InChI=1S/C22H20F2N2O4S2/c1-15-2-7-20(8-3-15)32(29,30)26-11-10-16-4-6-19(12-17(16)14-26)25-31(27,28)22-13-18(23)5-9-21(22)24/h2-9,12-13,25H,10-11,14H2,1H3. The van der Waals surface area contributed by atoms with Gasteiger partial charge in [0.2, 0.25) is 10.0 Å². The number of benzene rings is 3. The van der Waals surface area contributed by atoms with Gasteiger partial charge in [-0.15, -0.1) is 0 Å². The minimum absolute atomic E-state index is 0.0649. The van der Waals surface area contributed by atoms with E-state index in [2.05, 4.69) is 4.72 Å². The van der Waals surface area contributed by atoms with Crippen molar-refractivity contribution in [2.24, 2.45) is 0 Å². The number of halogens is 2. The zero-order valence-electron chi connectivity index (χ0n) is 17.0. The van der Waals surface area contributed by atoms with E-state index in [1.807, 2.05) is 6.92 Å². The molecule has 1 heterocycles. The second-order valence-corrected chi connectivity index (χ2v) is 11.2. The SMILES string of the molecule is Cc1ccc(S(=O)(=O)N2CCc3ccc(NS(=O)(=O)c4cc(F)ccc4F)cc3C2)cc1. The van der Waals surface area contributed by atoms with Gasteiger partial charge in [0.1, 0.15) is 16.5 Å². The zero-order chi connectivity index (χ0) is 23.1. The molecule has 10 heteroatoms. The minimum atomic E-state index is -4.38. The Morgan fingerprint density at radius 1 is 0.875 bits per heavy atom. The Morgan fingerprint density at radius 2 is 1.59 bits per heavy atom. The Morgan fingerprint density at radius 3 is 2.31 bits per heavy atom. The molecular weight excluding hydrogens is 458 g/mol. The van der Waals surface area contributed by atoms with E-state index in [1.54, 1.807) is 30.3 Å².